The smallest absolute Gasteiger partial charge is 0.111 e. The molecule has 0 saturated carbocycles. The number of aliphatic hydroxyl groups excluding tert-OH is 1. The van der Waals surface area contributed by atoms with Crippen molar-refractivity contribution in [2.75, 3.05) is 20.1 Å². The van der Waals surface area contributed by atoms with Crippen LogP contribution in [0.5, 0.6) is 0 Å². The number of rotatable bonds is 1. The third kappa shape index (κ3) is 1.76. The largest absolute Gasteiger partial charge is 0.393 e. The Labute approximate surface area is 95.9 Å². The summed E-state index contributed by atoms with van der Waals surface area (Å²) in [5, 5.41) is 9.61. The molecule has 2 atom stereocenters. The fourth-order valence-electron chi connectivity index (χ4n) is 2.81. The van der Waals surface area contributed by atoms with Crippen LogP contribution >= 0.6 is 0 Å². The zero-order valence-electron chi connectivity index (χ0n) is 9.76. The van der Waals surface area contributed by atoms with Crippen molar-refractivity contribution in [1.82, 2.24) is 14.5 Å². The molecule has 1 N–H and O–H groups in total. The van der Waals surface area contributed by atoms with Gasteiger partial charge in [0.05, 0.1) is 11.8 Å². The van der Waals surface area contributed by atoms with E-state index < -0.39 is 0 Å². The Kier molecular flexibility index (Phi) is 2.48. The van der Waals surface area contributed by atoms with E-state index in [-0.39, 0.29) is 6.10 Å². The summed E-state index contributed by atoms with van der Waals surface area (Å²) < 4.78 is 2.22. The summed E-state index contributed by atoms with van der Waals surface area (Å²) in [5.74, 6) is 1.67. The molecular weight excluding hydrogens is 202 g/mol. The quantitative estimate of drug-likeness (QED) is 0.755. The van der Waals surface area contributed by atoms with E-state index >= 15 is 0 Å². The second-order valence-corrected chi connectivity index (χ2v) is 5.17. The minimum Gasteiger partial charge on any atom is -0.393 e. The Morgan fingerprint density at radius 1 is 1.38 bits per heavy atom. The topological polar surface area (TPSA) is 41.3 Å². The molecule has 0 radical (unpaired) electrons. The molecule has 1 aromatic rings. The molecular formula is C12H19N3O. The lowest BCUT2D eigenvalue weighted by molar-refractivity contribution is 0.141. The lowest BCUT2D eigenvalue weighted by Crippen LogP contribution is -2.22. The normalized spacial score (nSPS) is 30.6. The van der Waals surface area contributed by atoms with Crippen molar-refractivity contribution in [1.29, 1.82) is 0 Å². The van der Waals surface area contributed by atoms with E-state index in [1.165, 1.54) is 18.7 Å². The van der Waals surface area contributed by atoms with Crippen LogP contribution in [0.2, 0.25) is 0 Å². The van der Waals surface area contributed by atoms with Crippen LogP contribution in [-0.4, -0.2) is 45.8 Å². The summed E-state index contributed by atoms with van der Waals surface area (Å²) in [5.41, 5.74) is 1.23. The Bertz CT molecular complexity index is 388. The van der Waals surface area contributed by atoms with E-state index in [1.54, 1.807) is 0 Å². The van der Waals surface area contributed by atoms with Gasteiger partial charge in [0.2, 0.25) is 0 Å². The van der Waals surface area contributed by atoms with E-state index in [2.05, 4.69) is 22.7 Å². The highest BCUT2D eigenvalue weighted by molar-refractivity contribution is 5.14. The molecule has 3 heterocycles. The fraction of sp³-hybridized carbons (Fsp3) is 0.750. The first-order valence-corrected chi connectivity index (χ1v) is 6.15. The maximum atomic E-state index is 9.61. The minimum atomic E-state index is -0.186. The number of aliphatic hydroxyl groups is 1. The van der Waals surface area contributed by atoms with Gasteiger partial charge in [-0.25, -0.2) is 4.98 Å². The van der Waals surface area contributed by atoms with Gasteiger partial charge in [-0.1, -0.05) is 0 Å². The molecule has 0 amide bonds. The molecule has 2 unspecified atom stereocenters. The van der Waals surface area contributed by atoms with Crippen molar-refractivity contribution in [3.8, 4) is 0 Å². The van der Waals surface area contributed by atoms with Gasteiger partial charge >= 0.3 is 0 Å². The highest BCUT2D eigenvalue weighted by Crippen LogP contribution is 2.27. The molecule has 0 bridgehead atoms. The van der Waals surface area contributed by atoms with E-state index in [4.69, 9.17) is 4.98 Å². The number of likely N-dealkylation sites (tertiary alicyclic amines) is 1. The number of hydrogen-bond acceptors (Lipinski definition) is 3. The Balaban J connectivity index is 1.82. The predicted molar refractivity (Wildman–Crippen MR) is 61.4 cm³/mol. The van der Waals surface area contributed by atoms with E-state index in [9.17, 15) is 5.11 Å². The summed E-state index contributed by atoms with van der Waals surface area (Å²) in [6.45, 7) is 3.22. The van der Waals surface area contributed by atoms with Gasteiger partial charge < -0.3 is 14.6 Å². The zero-order chi connectivity index (χ0) is 11.1. The van der Waals surface area contributed by atoms with Gasteiger partial charge in [0.1, 0.15) is 5.82 Å². The molecule has 0 aromatic carbocycles. The second kappa shape index (κ2) is 3.86. The van der Waals surface area contributed by atoms with Gasteiger partial charge in [-0.3, -0.25) is 0 Å². The summed E-state index contributed by atoms with van der Waals surface area (Å²) in [7, 11) is 2.17. The van der Waals surface area contributed by atoms with Crippen LogP contribution in [0.4, 0.5) is 0 Å². The third-order valence-corrected chi connectivity index (χ3v) is 3.81. The number of aromatic nitrogens is 2. The number of nitrogens with zero attached hydrogens (tertiary/aromatic N) is 3. The van der Waals surface area contributed by atoms with E-state index in [0.717, 1.165) is 31.8 Å². The molecule has 1 saturated heterocycles. The molecule has 0 spiro atoms. The number of aryl methyl sites for hydroxylation is 1. The number of hydrogen-bond donors (Lipinski definition) is 1. The predicted octanol–water partition coefficient (Wildman–Crippen LogP) is 0.609. The van der Waals surface area contributed by atoms with Crippen LogP contribution < -0.4 is 0 Å². The monoisotopic (exact) mass is 221 g/mol. The van der Waals surface area contributed by atoms with Crippen molar-refractivity contribution in [3.05, 3.63) is 17.7 Å². The van der Waals surface area contributed by atoms with Crippen LogP contribution in [0.3, 0.4) is 0 Å². The van der Waals surface area contributed by atoms with Crippen LogP contribution in [0.25, 0.3) is 0 Å². The number of likely N-dealkylation sites (N-methyl/N-ethyl adjacent to an activating group) is 1. The van der Waals surface area contributed by atoms with Gasteiger partial charge in [0, 0.05) is 31.6 Å². The molecule has 4 nitrogen and oxygen atoms in total. The molecule has 0 aliphatic carbocycles. The summed E-state index contributed by atoms with van der Waals surface area (Å²) in [6.07, 6.45) is 4.82. The number of fused-ring (bicyclic) bond motifs is 1. The summed E-state index contributed by atoms with van der Waals surface area (Å²) >= 11 is 0. The standard InChI is InChI=1S/C12H19N3O/c1-14-4-2-9(7-14)11-8-15-5-3-10(16)6-12(15)13-11/h8-10,16H,2-7H2,1H3. The minimum absolute atomic E-state index is 0.186. The SMILES string of the molecule is CN1CCC(c2cn3c(n2)CC(O)CC3)C1. The maximum absolute atomic E-state index is 9.61. The zero-order valence-corrected chi connectivity index (χ0v) is 9.76. The molecule has 1 aromatic heterocycles. The van der Waals surface area contributed by atoms with Gasteiger partial charge in [-0.15, -0.1) is 0 Å². The summed E-state index contributed by atoms with van der Waals surface area (Å²) in [4.78, 5) is 7.05. The van der Waals surface area contributed by atoms with Crippen molar-refractivity contribution < 1.29 is 5.11 Å². The highest BCUT2D eigenvalue weighted by atomic mass is 16.3. The van der Waals surface area contributed by atoms with Gasteiger partial charge in [-0.2, -0.15) is 0 Å². The Morgan fingerprint density at radius 3 is 3.00 bits per heavy atom. The third-order valence-electron chi connectivity index (χ3n) is 3.81. The van der Waals surface area contributed by atoms with Gasteiger partial charge in [-0.05, 0) is 26.4 Å². The average molecular weight is 221 g/mol. The molecule has 1 fully saturated rings. The van der Waals surface area contributed by atoms with Crippen LogP contribution in [0.1, 0.15) is 30.3 Å². The van der Waals surface area contributed by atoms with E-state index in [1.807, 2.05) is 0 Å². The van der Waals surface area contributed by atoms with Crippen LogP contribution in [0, 0.1) is 0 Å². The molecule has 88 valence electrons. The fourth-order valence-corrected chi connectivity index (χ4v) is 2.81. The lowest BCUT2D eigenvalue weighted by Gasteiger charge is -2.18. The van der Waals surface area contributed by atoms with Crippen molar-refractivity contribution >= 4 is 0 Å². The van der Waals surface area contributed by atoms with Crippen molar-refractivity contribution in [3.63, 3.8) is 0 Å². The van der Waals surface area contributed by atoms with E-state index in [0.29, 0.717) is 5.92 Å². The lowest BCUT2D eigenvalue weighted by atomic mass is 10.1. The maximum Gasteiger partial charge on any atom is 0.111 e. The first kappa shape index (κ1) is 10.3. The molecule has 2 aliphatic heterocycles. The first-order valence-electron chi connectivity index (χ1n) is 6.15. The Morgan fingerprint density at radius 2 is 2.25 bits per heavy atom. The van der Waals surface area contributed by atoms with Crippen molar-refractivity contribution in [2.45, 2.75) is 37.8 Å². The van der Waals surface area contributed by atoms with Gasteiger partial charge in [0.15, 0.2) is 0 Å². The average Bonchev–Trinajstić information content (AvgIpc) is 2.83. The number of imidazole rings is 1. The Hall–Kier alpha value is -0.870. The first-order chi connectivity index (χ1) is 7.72. The van der Waals surface area contributed by atoms with Gasteiger partial charge in [0.25, 0.3) is 0 Å². The molecule has 2 aliphatic rings. The summed E-state index contributed by atoms with van der Waals surface area (Å²) in [6, 6.07) is 0. The second-order valence-electron chi connectivity index (χ2n) is 5.17. The van der Waals surface area contributed by atoms with Crippen molar-refractivity contribution in [2.24, 2.45) is 0 Å². The molecule has 4 heteroatoms. The highest BCUT2D eigenvalue weighted by Gasteiger charge is 2.26. The molecule has 3 rings (SSSR count). The van der Waals surface area contributed by atoms with Crippen LogP contribution in [0.15, 0.2) is 6.20 Å². The van der Waals surface area contributed by atoms with Crippen LogP contribution in [-0.2, 0) is 13.0 Å². The molecule has 16 heavy (non-hydrogen) atoms.